The summed E-state index contributed by atoms with van der Waals surface area (Å²) >= 11 is 0. The molecular weight excluding hydrogens is 270 g/mol. The van der Waals surface area contributed by atoms with Crippen molar-refractivity contribution in [1.82, 2.24) is 0 Å². The molecule has 132 valence electrons. The number of rotatable bonds is 17. The van der Waals surface area contributed by atoms with Crippen LogP contribution < -0.4 is 0 Å². The molecule has 0 aromatic heterocycles. The van der Waals surface area contributed by atoms with Crippen molar-refractivity contribution in [3.05, 3.63) is 0 Å². The van der Waals surface area contributed by atoms with Crippen LogP contribution in [0.4, 0.5) is 0 Å². The highest BCUT2D eigenvalue weighted by Crippen LogP contribution is 2.15. The Balaban J connectivity index is 3.39. The van der Waals surface area contributed by atoms with Crippen molar-refractivity contribution in [1.29, 1.82) is 0 Å². The van der Waals surface area contributed by atoms with Crippen molar-refractivity contribution < 1.29 is 5.11 Å². The molecule has 1 N–H and O–H groups in total. The third-order valence-electron chi connectivity index (χ3n) is 4.43. The monoisotopic (exact) mass is 311 g/mol. The van der Waals surface area contributed by atoms with Gasteiger partial charge in [0.2, 0.25) is 0 Å². The molecule has 0 fully saturated rings. The highest BCUT2D eigenvalue weighted by Gasteiger charge is 2.05. The standard InChI is InChI=1S/C20H41NO/c1-3-5-7-8-9-10-11-12-13-14-15-17-20(16-6-4-2)21-18-19-22/h18,20,22H,3-17,19H2,1-2H3. The van der Waals surface area contributed by atoms with Gasteiger partial charge in [0.1, 0.15) is 0 Å². The van der Waals surface area contributed by atoms with E-state index in [2.05, 4.69) is 18.8 Å². The van der Waals surface area contributed by atoms with Gasteiger partial charge in [0.15, 0.2) is 0 Å². The van der Waals surface area contributed by atoms with Crippen LogP contribution in [0, 0.1) is 0 Å². The molecule has 0 radical (unpaired) electrons. The molecular formula is C20H41NO. The predicted octanol–water partition coefficient (Wildman–Crippen LogP) is 6.31. The predicted molar refractivity (Wildman–Crippen MR) is 100.0 cm³/mol. The summed E-state index contributed by atoms with van der Waals surface area (Å²) in [5.41, 5.74) is 0. The van der Waals surface area contributed by atoms with Gasteiger partial charge in [-0.05, 0) is 12.8 Å². The maximum absolute atomic E-state index is 8.85. The topological polar surface area (TPSA) is 32.6 Å². The number of nitrogens with zero attached hydrogens (tertiary/aromatic N) is 1. The van der Waals surface area contributed by atoms with Gasteiger partial charge in [-0.25, -0.2) is 0 Å². The number of unbranched alkanes of at least 4 members (excludes halogenated alkanes) is 11. The Hall–Kier alpha value is -0.370. The van der Waals surface area contributed by atoms with Crippen molar-refractivity contribution in [2.45, 2.75) is 116 Å². The van der Waals surface area contributed by atoms with E-state index < -0.39 is 0 Å². The van der Waals surface area contributed by atoms with E-state index in [1.807, 2.05) is 0 Å². The van der Waals surface area contributed by atoms with Crippen LogP contribution in [0.3, 0.4) is 0 Å². The molecule has 0 bridgehead atoms. The number of hydrogen-bond acceptors (Lipinski definition) is 2. The van der Waals surface area contributed by atoms with Crippen LogP contribution >= 0.6 is 0 Å². The van der Waals surface area contributed by atoms with Crippen molar-refractivity contribution in [3.63, 3.8) is 0 Å². The molecule has 0 heterocycles. The second-order valence-corrected chi connectivity index (χ2v) is 6.63. The summed E-state index contributed by atoms with van der Waals surface area (Å²) in [5, 5.41) is 8.85. The van der Waals surface area contributed by atoms with Crippen LogP contribution in [0.2, 0.25) is 0 Å². The van der Waals surface area contributed by atoms with E-state index in [1.54, 1.807) is 6.21 Å². The Bertz CT molecular complexity index is 228. The van der Waals surface area contributed by atoms with Gasteiger partial charge in [0.25, 0.3) is 0 Å². The van der Waals surface area contributed by atoms with Crippen LogP contribution in [-0.2, 0) is 0 Å². The minimum absolute atomic E-state index is 0.0842. The van der Waals surface area contributed by atoms with Crippen LogP contribution in [0.15, 0.2) is 4.99 Å². The summed E-state index contributed by atoms with van der Waals surface area (Å²) in [7, 11) is 0. The van der Waals surface area contributed by atoms with Crippen LogP contribution in [0.5, 0.6) is 0 Å². The van der Waals surface area contributed by atoms with E-state index >= 15 is 0 Å². The first-order chi connectivity index (χ1) is 10.8. The molecule has 0 aromatic rings. The molecule has 0 aliphatic heterocycles. The van der Waals surface area contributed by atoms with E-state index in [4.69, 9.17) is 5.11 Å². The summed E-state index contributed by atoms with van der Waals surface area (Å²) in [5.74, 6) is 0. The van der Waals surface area contributed by atoms with E-state index in [0.717, 1.165) is 0 Å². The number of aliphatic hydroxyl groups is 1. The normalized spacial score (nSPS) is 13.0. The van der Waals surface area contributed by atoms with Gasteiger partial charge in [-0.15, -0.1) is 0 Å². The lowest BCUT2D eigenvalue weighted by molar-refractivity contribution is 0.360. The second-order valence-electron chi connectivity index (χ2n) is 6.63. The summed E-state index contributed by atoms with van der Waals surface area (Å²) in [4.78, 5) is 4.49. The molecule has 2 nitrogen and oxygen atoms in total. The summed E-state index contributed by atoms with van der Waals surface area (Å²) in [6.07, 6.45) is 21.9. The average molecular weight is 312 g/mol. The van der Waals surface area contributed by atoms with Gasteiger partial charge in [0.05, 0.1) is 6.61 Å². The first-order valence-corrected chi connectivity index (χ1v) is 9.97. The second kappa shape index (κ2) is 18.7. The molecule has 0 aromatic carbocycles. The van der Waals surface area contributed by atoms with Crippen LogP contribution in [0.25, 0.3) is 0 Å². The molecule has 0 rings (SSSR count). The first kappa shape index (κ1) is 21.6. The lowest BCUT2D eigenvalue weighted by Gasteiger charge is -2.11. The lowest BCUT2D eigenvalue weighted by atomic mass is 10.0. The number of aliphatic hydroxyl groups excluding tert-OH is 1. The number of aliphatic imine (C=N–C) groups is 1. The third kappa shape index (κ3) is 16.0. The maximum Gasteiger partial charge on any atom is 0.0779 e. The Kier molecular flexibility index (Phi) is 18.4. The quantitative estimate of drug-likeness (QED) is 0.248. The minimum Gasteiger partial charge on any atom is -0.391 e. The highest BCUT2D eigenvalue weighted by molar-refractivity contribution is 5.58. The first-order valence-electron chi connectivity index (χ1n) is 9.97. The van der Waals surface area contributed by atoms with Gasteiger partial charge in [-0.3, -0.25) is 4.99 Å². The summed E-state index contributed by atoms with van der Waals surface area (Å²) in [6.45, 7) is 4.60. The minimum atomic E-state index is 0.0842. The molecule has 0 saturated heterocycles. The Morgan fingerprint density at radius 2 is 1.14 bits per heavy atom. The summed E-state index contributed by atoms with van der Waals surface area (Å²) in [6, 6.07) is 0.450. The Morgan fingerprint density at radius 3 is 1.64 bits per heavy atom. The Morgan fingerprint density at radius 1 is 0.682 bits per heavy atom. The number of hydrogen-bond donors (Lipinski definition) is 1. The summed E-state index contributed by atoms with van der Waals surface area (Å²) < 4.78 is 0. The molecule has 0 aliphatic carbocycles. The fourth-order valence-electron chi connectivity index (χ4n) is 2.97. The van der Waals surface area contributed by atoms with E-state index in [9.17, 15) is 0 Å². The average Bonchev–Trinajstić information content (AvgIpc) is 2.54. The van der Waals surface area contributed by atoms with Crippen molar-refractivity contribution >= 4 is 6.21 Å². The molecule has 1 atom stereocenters. The SMILES string of the molecule is CCCCCCCCCCCCCC(CCCC)N=CCO. The molecule has 0 saturated carbocycles. The molecule has 0 aliphatic rings. The Labute approximate surface area is 139 Å². The zero-order chi connectivity index (χ0) is 16.3. The van der Waals surface area contributed by atoms with Crippen molar-refractivity contribution in [3.8, 4) is 0 Å². The van der Waals surface area contributed by atoms with Crippen LogP contribution in [-0.4, -0.2) is 24.0 Å². The smallest absolute Gasteiger partial charge is 0.0779 e. The molecule has 2 heteroatoms. The van der Waals surface area contributed by atoms with Crippen molar-refractivity contribution in [2.75, 3.05) is 6.61 Å². The zero-order valence-electron chi connectivity index (χ0n) is 15.4. The van der Waals surface area contributed by atoms with Gasteiger partial charge < -0.3 is 5.11 Å². The maximum atomic E-state index is 8.85. The highest BCUT2D eigenvalue weighted by atomic mass is 16.2. The van der Waals surface area contributed by atoms with Gasteiger partial charge >= 0.3 is 0 Å². The van der Waals surface area contributed by atoms with Gasteiger partial charge in [-0.1, -0.05) is 97.3 Å². The van der Waals surface area contributed by atoms with Gasteiger partial charge in [-0.2, -0.15) is 0 Å². The van der Waals surface area contributed by atoms with E-state index in [1.165, 1.54) is 96.3 Å². The molecule has 0 spiro atoms. The molecule has 22 heavy (non-hydrogen) atoms. The fraction of sp³-hybridized carbons (Fsp3) is 0.950. The van der Waals surface area contributed by atoms with Gasteiger partial charge in [0, 0.05) is 12.3 Å². The van der Waals surface area contributed by atoms with E-state index in [0.29, 0.717) is 6.04 Å². The molecule has 0 amide bonds. The third-order valence-corrected chi connectivity index (χ3v) is 4.43. The molecule has 1 unspecified atom stereocenters. The lowest BCUT2D eigenvalue weighted by Crippen LogP contribution is -2.05. The fourth-order valence-corrected chi connectivity index (χ4v) is 2.97. The largest absolute Gasteiger partial charge is 0.391 e. The van der Waals surface area contributed by atoms with E-state index in [-0.39, 0.29) is 6.61 Å². The zero-order valence-corrected chi connectivity index (χ0v) is 15.4. The van der Waals surface area contributed by atoms with Crippen molar-refractivity contribution in [2.24, 2.45) is 4.99 Å². The van der Waals surface area contributed by atoms with Crippen LogP contribution in [0.1, 0.15) is 110 Å².